The van der Waals surface area contributed by atoms with E-state index in [-0.39, 0.29) is 0 Å². The molecule has 1 aliphatic rings. The number of carboxylic acid groups (broad SMARTS) is 1. The fourth-order valence-electron chi connectivity index (χ4n) is 1.97. The Morgan fingerprint density at radius 2 is 2.31 bits per heavy atom. The average Bonchev–Trinajstić information content (AvgIpc) is 2.49. The molecule has 2 rings (SSSR count). The average molecular weight is 177 g/mol. The Hall–Kier alpha value is -1.51. The lowest BCUT2D eigenvalue weighted by molar-refractivity contribution is -0.138. The minimum Gasteiger partial charge on any atom is -0.481 e. The largest absolute Gasteiger partial charge is 0.481 e. The Kier molecular flexibility index (Phi) is 1.72. The van der Waals surface area contributed by atoms with E-state index in [4.69, 9.17) is 10.8 Å². The van der Waals surface area contributed by atoms with Gasteiger partial charge in [0.15, 0.2) is 0 Å². The Bertz CT molecular complexity index is 360. The monoisotopic (exact) mass is 177 g/mol. The number of carbonyl (C=O) groups is 1. The molecule has 1 aromatic carbocycles. The molecule has 0 radical (unpaired) electrons. The number of nitrogens with two attached hydrogens (primary N) is 1. The molecule has 1 aromatic rings. The number of nitrogen functional groups attached to an aromatic ring is 1. The van der Waals surface area contributed by atoms with E-state index in [2.05, 4.69) is 0 Å². The molecule has 1 aliphatic carbocycles. The normalized spacial score (nSPS) is 19.8. The standard InChI is InChI=1S/C10H11NO2/c11-8-3-1-2-6-4-5-7(9(6)8)10(12)13/h1-3,7H,4-5,11H2,(H,12,13). The molecular weight excluding hydrogens is 166 g/mol. The molecule has 3 heteroatoms. The van der Waals surface area contributed by atoms with Crippen LogP contribution in [0.15, 0.2) is 18.2 Å². The topological polar surface area (TPSA) is 63.3 Å². The van der Waals surface area contributed by atoms with E-state index >= 15 is 0 Å². The molecule has 13 heavy (non-hydrogen) atoms. The van der Waals surface area contributed by atoms with Crippen LogP contribution in [0.5, 0.6) is 0 Å². The van der Waals surface area contributed by atoms with Gasteiger partial charge in [0, 0.05) is 5.69 Å². The third-order valence-corrected chi connectivity index (χ3v) is 2.58. The first-order valence-electron chi connectivity index (χ1n) is 4.30. The molecule has 68 valence electrons. The van der Waals surface area contributed by atoms with Gasteiger partial charge in [-0.05, 0) is 30.0 Å². The van der Waals surface area contributed by atoms with Crippen molar-refractivity contribution in [1.29, 1.82) is 0 Å². The summed E-state index contributed by atoms with van der Waals surface area (Å²) < 4.78 is 0. The van der Waals surface area contributed by atoms with E-state index in [9.17, 15) is 4.79 Å². The number of hydrogen-bond donors (Lipinski definition) is 2. The van der Waals surface area contributed by atoms with E-state index in [1.807, 2.05) is 12.1 Å². The molecule has 0 fully saturated rings. The summed E-state index contributed by atoms with van der Waals surface area (Å²) in [7, 11) is 0. The van der Waals surface area contributed by atoms with Crippen LogP contribution in [0.25, 0.3) is 0 Å². The molecule has 0 heterocycles. The van der Waals surface area contributed by atoms with Gasteiger partial charge >= 0.3 is 5.97 Å². The zero-order valence-corrected chi connectivity index (χ0v) is 7.16. The molecule has 1 unspecified atom stereocenters. The molecule has 0 aromatic heterocycles. The van der Waals surface area contributed by atoms with Crippen molar-refractivity contribution in [3.8, 4) is 0 Å². The number of benzene rings is 1. The Morgan fingerprint density at radius 3 is 3.00 bits per heavy atom. The van der Waals surface area contributed by atoms with Gasteiger partial charge in [-0.25, -0.2) is 0 Å². The van der Waals surface area contributed by atoms with E-state index < -0.39 is 11.9 Å². The number of aliphatic carboxylic acids is 1. The highest BCUT2D eigenvalue weighted by molar-refractivity contribution is 5.80. The van der Waals surface area contributed by atoms with Crippen LogP contribution in [-0.2, 0) is 11.2 Å². The number of rotatable bonds is 1. The second-order valence-electron chi connectivity index (χ2n) is 3.35. The maximum atomic E-state index is 10.9. The van der Waals surface area contributed by atoms with Gasteiger partial charge in [-0.2, -0.15) is 0 Å². The van der Waals surface area contributed by atoms with Gasteiger partial charge in [-0.3, -0.25) is 4.79 Å². The van der Waals surface area contributed by atoms with Gasteiger partial charge in [0.25, 0.3) is 0 Å². The zero-order valence-electron chi connectivity index (χ0n) is 7.16. The molecule has 0 saturated heterocycles. The highest BCUT2D eigenvalue weighted by Crippen LogP contribution is 2.36. The van der Waals surface area contributed by atoms with Gasteiger partial charge in [0.2, 0.25) is 0 Å². The molecule has 3 nitrogen and oxygen atoms in total. The summed E-state index contributed by atoms with van der Waals surface area (Å²) in [5.41, 5.74) is 8.27. The first-order valence-corrected chi connectivity index (χ1v) is 4.30. The summed E-state index contributed by atoms with van der Waals surface area (Å²) in [6.45, 7) is 0. The summed E-state index contributed by atoms with van der Waals surface area (Å²) in [6, 6.07) is 5.59. The first kappa shape index (κ1) is 8.10. The lowest BCUT2D eigenvalue weighted by Crippen LogP contribution is -2.09. The van der Waals surface area contributed by atoms with Gasteiger partial charge in [-0.15, -0.1) is 0 Å². The maximum Gasteiger partial charge on any atom is 0.311 e. The number of carboxylic acids is 1. The molecule has 0 amide bonds. The highest BCUT2D eigenvalue weighted by atomic mass is 16.4. The van der Waals surface area contributed by atoms with Gasteiger partial charge < -0.3 is 10.8 Å². The van der Waals surface area contributed by atoms with Crippen LogP contribution in [0.3, 0.4) is 0 Å². The van der Waals surface area contributed by atoms with Crippen LogP contribution >= 0.6 is 0 Å². The van der Waals surface area contributed by atoms with Crippen LogP contribution in [0.1, 0.15) is 23.5 Å². The second-order valence-corrected chi connectivity index (χ2v) is 3.35. The van der Waals surface area contributed by atoms with Crippen LogP contribution in [0.2, 0.25) is 0 Å². The predicted octanol–water partition coefficient (Wildman–Crippen LogP) is 1.38. The van der Waals surface area contributed by atoms with E-state index in [1.165, 1.54) is 0 Å². The van der Waals surface area contributed by atoms with Gasteiger partial charge in [0.05, 0.1) is 5.92 Å². The van der Waals surface area contributed by atoms with Crippen molar-refractivity contribution in [2.75, 3.05) is 5.73 Å². The van der Waals surface area contributed by atoms with Crippen LogP contribution in [0.4, 0.5) is 5.69 Å². The lowest BCUT2D eigenvalue weighted by Gasteiger charge is -2.08. The quantitative estimate of drug-likeness (QED) is 0.637. The third-order valence-electron chi connectivity index (χ3n) is 2.58. The molecule has 0 saturated carbocycles. The highest BCUT2D eigenvalue weighted by Gasteiger charge is 2.29. The van der Waals surface area contributed by atoms with Crippen LogP contribution in [-0.4, -0.2) is 11.1 Å². The smallest absolute Gasteiger partial charge is 0.311 e. The lowest BCUT2D eigenvalue weighted by atomic mass is 10.00. The zero-order chi connectivity index (χ0) is 9.42. The number of hydrogen-bond acceptors (Lipinski definition) is 2. The number of aryl methyl sites for hydroxylation is 1. The Balaban J connectivity index is 2.52. The molecular formula is C10H11NO2. The van der Waals surface area contributed by atoms with Crippen molar-refractivity contribution >= 4 is 11.7 Å². The number of fused-ring (bicyclic) bond motifs is 1. The Morgan fingerprint density at radius 1 is 1.54 bits per heavy atom. The van der Waals surface area contributed by atoms with Crippen molar-refractivity contribution < 1.29 is 9.90 Å². The molecule has 3 N–H and O–H groups in total. The first-order chi connectivity index (χ1) is 6.20. The summed E-state index contributed by atoms with van der Waals surface area (Å²) >= 11 is 0. The van der Waals surface area contributed by atoms with E-state index in [1.54, 1.807) is 6.07 Å². The van der Waals surface area contributed by atoms with Crippen molar-refractivity contribution in [2.24, 2.45) is 0 Å². The molecule has 0 aliphatic heterocycles. The van der Waals surface area contributed by atoms with Crippen molar-refractivity contribution in [3.63, 3.8) is 0 Å². The summed E-state index contributed by atoms with van der Waals surface area (Å²) in [4.78, 5) is 10.9. The van der Waals surface area contributed by atoms with Crippen molar-refractivity contribution in [1.82, 2.24) is 0 Å². The molecule has 0 spiro atoms. The fourth-order valence-corrected chi connectivity index (χ4v) is 1.97. The Labute approximate surface area is 76.2 Å². The SMILES string of the molecule is Nc1cccc2c1C(C(=O)O)CC2. The summed E-state index contributed by atoms with van der Waals surface area (Å²) in [6.07, 6.45) is 1.51. The van der Waals surface area contributed by atoms with E-state index in [0.717, 1.165) is 17.5 Å². The van der Waals surface area contributed by atoms with Crippen molar-refractivity contribution in [3.05, 3.63) is 29.3 Å². The van der Waals surface area contributed by atoms with E-state index in [0.29, 0.717) is 12.1 Å². The van der Waals surface area contributed by atoms with Crippen molar-refractivity contribution in [2.45, 2.75) is 18.8 Å². The van der Waals surface area contributed by atoms with Crippen LogP contribution in [0, 0.1) is 0 Å². The summed E-state index contributed by atoms with van der Waals surface area (Å²) in [5.74, 6) is -1.16. The fraction of sp³-hybridized carbons (Fsp3) is 0.300. The molecule has 1 atom stereocenters. The van der Waals surface area contributed by atoms with Gasteiger partial charge in [0.1, 0.15) is 0 Å². The second kappa shape index (κ2) is 2.76. The maximum absolute atomic E-state index is 10.9. The number of anilines is 1. The minimum atomic E-state index is -0.767. The van der Waals surface area contributed by atoms with Crippen LogP contribution < -0.4 is 5.73 Å². The van der Waals surface area contributed by atoms with Gasteiger partial charge in [-0.1, -0.05) is 12.1 Å². The minimum absolute atomic E-state index is 0.392. The summed E-state index contributed by atoms with van der Waals surface area (Å²) in [5, 5.41) is 8.93. The molecule has 0 bridgehead atoms. The predicted molar refractivity (Wildman–Crippen MR) is 49.6 cm³/mol. The third kappa shape index (κ3) is 1.16.